The molecule has 0 aromatic heterocycles. The molecule has 282 valence electrons. The molecule has 7 N–H and O–H groups in total. The average molecular weight is 777 g/mol. The zero-order valence-corrected chi connectivity index (χ0v) is 35.4. The molecule has 0 radical (unpaired) electrons. The summed E-state index contributed by atoms with van der Waals surface area (Å²) in [6.45, 7) is 19.3. The van der Waals surface area contributed by atoms with Crippen LogP contribution in [0.3, 0.4) is 0 Å². The molecule has 0 heterocycles. The predicted octanol–water partition coefficient (Wildman–Crippen LogP) is 8.23. The lowest BCUT2D eigenvalue weighted by atomic mass is 10.1. The summed E-state index contributed by atoms with van der Waals surface area (Å²) in [5, 5.41) is 0. The van der Waals surface area contributed by atoms with Crippen LogP contribution in [0.4, 0.5) is 0 Å². The summed E-state index contributed by atoms with van der Waals surface area (Å²) in [6, 6.07) is 0. The van der Waals surface area contributed by atoms with E-state index in [4.69, 9.17) is 34.3 Å². The van der Waals surface area contributed by atoms with Gasteiger partial charge in [-0.3, -0.25) is 27.4 Å². The first-order valence-electron chi connectivity index (χ1n) is 15.2. The van der Waals surface area contributed by atoms with Crippen molar-refractivity contribution in [1.82, 2.24) is 0 Å². The van der Waals surface area contributed by atoms with E-state index in [0.717, 1.165) is 32.1 Å². The van der Waals surface area contributed by atoms with Crippen LogP contribution >= 0.6 is 44.4 Å². The van der Waals surface area contributed by atoms with Gasteiger partial charge in [-0.25, -0.2) is 0 Å². The highest BCUT2D eigenvalue weighted by molar-refractivity contribution is 7.58. The van der Waals surface area contributed by atoms with Gasteiger partial charge < -0.3 is 34.3 Å². The van der Waals surface area contributed by atoms with Crippen LogP contribution in [-0.4, -0.2) is 105 Å². The topological polar surface area (TPSA) is 244 Å². The Kier molecular flexibility index (Phi) is 40.3. The van der Waals surface area contributed by atoms with E-state index < -0.39 is 44.4 Å². The third-order valence-electron chi connectivity index (χ3n) is 4.91. The zero-order valence-electron chi connectivity index (χ0n) is 30.0. The van der Waals surface area contributed by atoms with Gasteiger partial charge in [0.05, 0.1) is 0 Å². The molecule has 0 aliphatic rings. The van der Waals surface area contributed by atoms with Crippen molar-refractivity contribution in [3.05, 3.63) is 0 Å². The van der Waals surface area contributed by atoms with Crippen molar-refractivity contribution in [1.29, 1.82) is 0 Å². The fraction of sp³-hybridized carbons (Fsp3) is 1.00. The van der Waals surface area contributed by atoms with Gasteiger partial charge in [-0.2, -0.15) is 0 Å². The lowest BCUT2D eigenvalue weighted by molar-refractivity contribution is 0.370. The molecule has 0 bridgehead atoms. The van der Waals surface area contributed by atoms with Gasteiger partial charge in [0.25, 0.3) is 0 Å². The molecule has 0 saturated heterocycles. The maximum absolute atomic E-state index is 10.5. The van der Waals surface area contributed by atoms with Crippen LogP contribution in [0.2, 0.25) is 0 Å². The van der Waals surface area contributed by atoms with E-state index in [9.17, 15) is 27.4 Å². The zero-order chi connectivity index (χ0) is 37.8. The molecule has 4 unspecified atom stereocenters. The summed E-state index contributed by atoms with van der Waals surface area (Å²) in [7, 11) is -17.1. The minimum atomic E-state index is -3.72. The second kappa shape index (κ2) is 31.1. The summed E-state index contributed by atoms with van der Waals surface area (Å²) in [4.78, 5) is 59.4. The van der Waals surface area contributed by atoms with Gasteiger partial charge in [0.15, 0.2) is 36.8 Å². The summed E-state index contributed by atoms with van der Waals surface area (Å²) in [5.41, 5.74) is -0.0903. The van der Waals surface area contributed by atoms with Crippen molar-refractivity contribution in [3.8, 4) is 0 Å². The third kappa shape index (κ3) is 106. The third-order valence-corrected chi connectivity index (χ3v) is 11.3. The monoisotopic (exact) mass is 776 g/mol. The molecule has 19 heteroatoms. The van der Waals surface area contributed by atoms with E-state index in [0.29, 0.717) is 24.9 Å². The van der Waals surface area contributed by atoms with Gasteiger partial charge in [-0.15, -0.1) is 0 Å². The first-order chi connectivity index (χ1) is 19.7. The van der Waals surface area contributed by atoms with Crippen LogP contribution < -0.4 is 0 Å². The Hall–Kier alpha value is 1.10. The Morgan fingerprint density at radius 2 is 0.733 bits per heavy atom. The minimum absolute atomic E-state index is 0.0547. The van der Waals surface area contributed by atoms with E-state index in [-0.39, 0.29) is 11.8 Å². The average Bonchev–Trinajstić information content (AvgIpc) is 2.77. The standard InChI is InChI=1S/C8H19O3P.C5H13O2P.2C4H11O2P.C3H9O2P.C2H7O2P/c1-2-3-4-5-6-7-8-12(9,10)11;1-3-4-5-8(2,6)7;1-4(2)7(3,5)6;1-3-4-7(2,5)6;1-3-6(2,4)5;1-5(2,3)4/h2-8H2,1H3,(H2,9,10,11);3-5H2,1-2H3,(H,6,7);4H,1-3H3,(H,5,6);3-4H2,1-2H3,(H,5,6);3H2,1-2H3,(H,4,5);1-2H3,(H,3,4). The molecule has 0 saturated carbocycles. The largest absolute Gasteiger partial charge is 0.345 e. The van der Waals surface area contributed by atoms with E-state index in [1.54, 1.807) is 20.8 Å². The predicted molar refractivity (Wildman–Crippen MR) is 196 cm³/mol. The summed E-state index contributed by atoms with van der Waals surface area (Å²) in [5.74, 6) is 0. The Morgan fingerprint density at radius 3 is 0.889 bits per heavy atom. The van der Waals surface area contributed by atoms with Crippen LogP contribution in [0.15, 0.2) is 0 Å². The Bertz CT molecular complexity index is 929. The van der Waals surface area contributed by atoms with Crippen LogP contribution in [0.25, 0.3) is 0 Å². The maximum Gasteiger partial charge on any atom is 0.325 e. The molecule has 0 aliphatic heterocycles. The molecule has 0 fully saturated rings. The number of rotatable bonds is 14. The highest BCUT2D eigenvalue weighted by atomic mass is 31.2. The summed E-state index contributed by atoms with van der Waals surface area (Å²) < 4.78 is 61.7. The number of hydrogen-bond donors (Lipinski definition) is 7. The molecule has 4 atom stereocenters. The van der Waals surface area contributed by atoms with Gasteiger partial charge in [-0.1, -0.05) is 80.1 Å². The molecule has 45 heavy (non-hydrogen) atoms. The fourth-order valence-corrected chi connectivity index (χ4v) is 4.33. The van der Waals surface area contributed by atoms with Crippen molar-refractivity contribution in [2.24, 2.45) is 0 Å². The molecule has 0 aromatic rings. The van der Waals surface area contributed by atoms with Crippen molar-refractivity contribution in [2.75, 3.05) is 64.6 Å². The quantitative estimate of drug-likeness (QED) is 0.0650. The Balaban J connectivity index is -0.000000104. The number of hydrogen-bond acceptors (Lipinski definition) is 6. The molecule has 13 nitrogen and oxygen atoms in total. The van der Waals surface area contributed by atoms with Gasteiger partial charge in [0.1, 0.15) is 0 Å². The summed E-state index contributed by atoms with van der Waals surface area (Å²) >= 11 is 0. The van der Waals surface area contributed by atoms with Crippen molar-refractivity contribution < 1.29 is 61.6 Å². The minimum Gasteiger partial charge on any atom is -0.345 e. The van der Waals surface area contributed by atoms with Gasteiger partial charge in [-0.05, 0) is 19.3 Å². The second-order valence-corrected chi connectivity index (χ2v) is 26.9. The molecule has 0 aromatic carbocycles. The molecular formula is C26H70O13P6. The van der Waals surface area contributed by atoms with Crippen LogP contribution in [0, 0.1) is 0 Å². The van der Waals surface area contributed by atoms with Crippen molar-refractivity contribution >= 4 is 44.4 Å². The molecule has 0 rings (SSSR count). The SMILES string of the molecule is CC(C)P(C)(=O)O.CCCCCCCCP(=O)(O)O.CCCCP(C)(=O)O.CCCP(C)(=O)O.CCP(C)(=O)O.CP(C)(=O)O. The van der Waals surface area contributed by atoms with Crippen molar-refractivity contribution in [2.45, 2.75) is 105 Å². The van der Waals surface area contributed by atoms with E-state index in [1.165, 1.54) is 59.3 Å². The Morgan fingerprint density at radius 1 is 0.444 bits per heavy atom. The van der Waals surface area contributed by atoms with Crippen LogP contribution in [0.1, 0.15) is 99.3 Å². The van der Waals surface area contributed by atoms with Crippen molar-refractivity contribution in [3.63, 3.8) is 0 Å². The molecule has 0 amide bonds. The smallest absolute Gasteiger partial charge is 0.325 e. The highest BCUT2D eigenvalue weighted by Gasteiger charge is 2.14. The lowest BCUT2D eigenvalue weighted by Crippen LogP contribution is -1.93. The molecule has 0 aliphatic carbocycles. The van der Waals surface area contributed by atoms with Gasteiger partial charge >= 0.3 is 7.60 Å². The van der Waals surface area contributed by atoms with E-state index >= 15 is 0 Å². The highest BCUT2D eigenvalue weighted by Crippen LogP contribution is 2.40. The lowest BCUT2D eigenvalue weighted by Gasteiger charge is -2.06. The van der Waals surface area contributed by atoms with Crippen LogP contribution in [-0.2, 0) is 27.4 Å². The van der Waals surface area contributed by atoms with Crippen LogP contribution in [0.5, 0.6) is 0 Å². The number of unbranched alkanes of at least 4 members (excludes halogenated alkanes) is 6. The first-order valence-corrected chi connectivity index (χ1v) is 28.6. The molecular weight excluding hydrogens is 706 g/mol. The Labute approximate surface area is 275 Å². The van der Waals surface area contributed by atoms with Gasteiger partial charge in [0, 0.05) is 70.3 Å². The summed E-state index contributed by atoms with van der Waals surface area (Å²) in [6.07, 6.45) is 10.4. The van der Waals surface area contributed by atoms with Gasteiger partial charge in [0.2, 0.25) is 0 Å². The van der Waals surface area contributed by atoms with E-state index in [1.807, 2.05) is 13.8 Å². The second-order valence-electron chi connectivity index (χ2n) is 11.8. The first kappa shape index (κ1) is 58.3. The molecule has 0 spiro atoms. The normalized spacial score (nSPS) is 16.3. The maximum atomic E-state index is 10.5. The van der Waals surface area contributed by atoms with E-state index in [2.05, 4.69) is 6.92 Å². The fourth-order valence-electron chi connectivity index (χ4n) is 1.96.